The quantitative estimate of drug-likeness (QED) is 0.0866. The van der Waals surface area contributed by atoms with Crippen LogP contribution in [0, 0.1) is 0 Å². The first-order valence-corrected chi connectivity index (χ1v) is 20.4. The Labute approximate surface area is 342 Å². The van der Waals surface area contributed by atoms with Crippen molar-refractivity contribution in [2.75, 3.05) is 6.54 Å². The van der Waals surface area contributed by atoms with E-state index in [-0.39, 0.29) is 0 Å². The SMILES string of the molecule is C=C/C=C(\CC)CN=C(/C=C(\N=C)c1ccccc1)c1ccc(C2C=CC=CC2)cc1.CC.c1ccc2c(c1)ccc1[nH]c3c4ccccc4c4ccccc4c3c12. The van der Waals surface area contributed by atoms with Gasteiger partial charge in [0.15, 0.2) is 0 Å². The summed E-state index contributed by atoms with van der Waals surface area (Å²) in [5, 5.41) is 10.5. The third kappa shape index (κ3) is 8.31. The number of benzene rings is 7. The Bertz CT molecular complexity index is 2860. The number of allylic oxidation sites excluding steroid dienone is 7. The fraction of sp³-hybridized carbons (Fsp3) is 0.127. The smallest absolute Gasteiger partial charge is 0.0716 e. The van der Waals surface area contributed by atoms with Gasteiger partial charge in [-0.3, -0.25) is 9.98 Å². The summed E-state index contributed by atoms with van der Waals surface area (Å²) in [4.78, 5) is 12.9. The van der Waals surface area contributed by atoms with E-state index in [4.69, 9.17) is 4.99 Å². The van der Waals surface area contributed by atoms with Crippen LogP contribution in [0.3, 0.4) is 0 Å². The lowest BCUT2D eigenvalue weighted by Crippen LogP contribution is -2.03. The van der Waals surface area contributed by atoms with Gasteiger partial charge in [-0.2, -0.15) is 0 Å². The molecule has 1 atom stereocenters. The van der Waals surface area contributed by atoms with Crippen LogP contribution < -0.4 is 0 Å². The largest absolute Gasteiger partial charge is 0.354 e. The Morgan fingerprint density at radius 1 is 0.690 bits per heavy atom. The zero-order valence-electron chi connectivity index (χ0n) is 33.8. The number of hydrogen-bond donors (Lipinski definition) is 1. The fourth-order valence-electron chi connectivity index (χ4n) is 7.85. The van der Waals surface area contributed by atoms with Crippen LogP contribution >= 0.6 is 0 Å². The van der Waals surface area contributed by atoms with E-state index in [1.54, 1.807) is 0 Å². The van der Waals surface area contributed by atoms with Gasteiger partial charge in [-0.05, 0) is 75.3 Å². The molecule has 0 amide bonds. The molecular weight excluding hydrogens is 703 g/mol. The Kier molecular flexibility index (Phi) is 12.8. The highest BCUT2D eigenvalue weighted by Gasteiger charge is 2.15. The molecule has 0 bridgehead atoms. The zero-order chi connectivity index (χ0) is 40.3. The molecule has 0 saturated heterocycles. The number of hydrogen-bond acceptors (Lipinski definition) is 2. The van der Waals surface area contributed by atoms with E-state index in [0.717, 1.165) is 35.4 Å². The Morgan fingerprint density at radius 3 is 2.02 bits per heavy atom. The molecule has 58 heavy (non-hydrogen) atoms. The summed E-state index contributed by atoms with van der Waals surface area (Å²) < 4.78 is 0. The summed E-state index contributed by atoms with van der Waals surface area (Å²) in [5.74, 6) is 0.437. The number of aromatic amines is 1. The Hall–Kier alpha value is -6.84. The van der Waals surface area contributed by atoms with Crippen LogP contribution in [0.25, 0.3) is 59.8 Å². The molecule has 1 N–H and O–H groups in total. The highest BCUT2D eigenvalue weighted by Crippen LogP contribution is 2.41. The van der Waals surface area contributed by atoms with Gasteiger partial charge in [-0.15, -0.1) is 0 Å². The van der Waals surface area contributed by atoms with Gasteiger partial charge in [0.1, 0.15) is 0 Å². The lowest BCUT2D eigenvalue weighted by Gasteiger charge is -2.14. The van der Waals surface area contributed by atoms with Gasteiger partial charge in [-0.1, -0.05) is 197 Å². The van der Waals surface area contributed by atoms with Crippen LogP contribution in [0.4, 0.5) is 0 Å². The van der Waals surface area contributed by atoms with Gasteiger partial charge < -0.3 is 4.98 Å². The zero-order valence-corrected chi connectivity index (χ0v) is 33.8. The first kappa shape index (κ1) is 39.4. The summed E-state index contributed by atoms with van der Waals surface area (Å²) in [6.45, 7) is 14.4. The molecule has 8 aromatic rings. The van der Waals surface area contributed by atoms with E-state index in [0.29, 0.717) is 12.5 Å². The maximum Gasteiger partial charge on any atom is 0.0716 e. The minimum atomic E-state index is 0.437. The summed E-state index contributed by atoms with van der Waals surface area (Å²) in [6.07, 6.45) is 16.6. The molecule has 1 aromatic heterocycles. The minimum Gasteiger partial charge on any atom is -0.354 e. The predicted molar refractivity (Wildman–Crippen MR) is 256 cm³/mol. The van der Waals surface area contributed by atoms with Crippen LogP contribution in [0.1, 0.15) is 56.2 Å². The van der Waals surface area contributed by atoms with Crippen LogP contribution in [-0.4, -0.2) is 24.0 Å². The molecule has 0 radical (unpaired) electrons. The van der Waals surface area contributed by atoms with Gasteiger partial charge in [0.25, 0.3) is 0 Å². The molecule has 9 rings (SSSR count). The first-order chi connectivity index (χ1) is 28.7. The second-order valence-corrected chi connectivity index (χ2v) is 14.1. The van der Waals surface area contributed by atoms with E-state index in [1.807, 2.05) is 62.4 Å². The van der Waals surface area contributed by atoms with Gasteiger partial charge in [0, 0.05) is 33.2 Å². The standard InChI is InChI=1S/C29H30N2.C24H15N.C2H6/c1-4-12-23(5-2)22-31-29(21-28(30-3)26-15-10-7-11-16-26)27-19-17-25(18-20-27)24-13-8-6-9-14-24;1-2-8-16-15(7-1)13-14-21-22(16)23-19-11-5-3-9-17(19)18-10-4-6-12-20(18)24(23)25-21;1-2/h4,6-13,15-21,24H,1,3,5,14,22H2,2H3;1-14,25H;1-2H3/b23-12+,28-21-,31-29?;;. The highest BCUT2D eigenvalue weighted by atomic mass is 14.8. The molecule has 0 fully saturated rings. The molecule has 1 aliphatic carbocycles. The van der Waals surface area contributed by atoms with Crippen molar-refractivity contribution in [2.24, 2.45) is 9.98 Å². The molecule has 3 nitrogen and oxygen atoms in total. The van der Waals surface area contributed by atoms with Crippen molar-refractivity contribution in [1.29, 1.82) is 0 Å². The van der Waals surface area contributed by atoms with Crippen molar-refractivity contribution in [3.05, 3.63) is 211 Å². The molecule has 286 valence electrons. The number of fused-ring (bicyclic) bond motifs is 10. The number of rotatable bonds is 9. The lowest BCUT2D eigenvalue weighted by molar-refractivity contribution is 0.854. The molecular formula is C55H51N3. The molecule has 0 saturated carbocycles. The van der Waals surface area contributed by atoms with Gasteiger partial charge in [0.05, 0.1) is 23.5 Å². The van der Waals surface area contributed by atoms with Crippen molar-refractivity contribution >= 4 is 72.2 Å². The van der Waals surface area contributed by atoms with Crippen LogP contribution in [0.5, 0.6) is 0 Å². The van der Waals surface area contributed by atoms with Crippen molar-refractivity contribution in [3.8, 4) is 0 Å². The van der Waals surface area contributed by atoms with E-state index >= 15 is 0 Å². The minimum absolute atomic E-state index is 0.437. The second kappa shape index (κ2) is 18.9. The van der Waals surface area contributed by atoms with E-state index in [9.17, 15) is 0 Å². The number of nitrogens with zero attached hydrogens (tertiary/aromatic N) is 2. The Balaban J connectivity index is 0.000000172. The number of aliphatic imine (C=N–C) groups is 2. The summed E-state index contributed by atoms with van der Waals surface area (Å²) in [7, 11) is 0. The predicted octanol–water partition coefficient (Wildman–Crippen LogP) is 15.1. The highest BCUT2D eigenvalue weighted by molar-refractivity contribution is 6.35. The molecule has 0 spiro atoms. The molecule has 7 aromatic carbocycles. The number of nitrogens with one attached hydrogen (secondary N) is 1. The van der Waals surface area contributed by atoms with E-state index < -0.39 is 0 Å². The van der Waals surface area contributed by atoms with Crippen molar-refractivity contribution in [3.63, 3.8) is 0 Å². The average molecular weight is 754 g/mol. The maximum absolute atomic E-state index is 4.95. The van der Waals surface area contributed by atoms with Crippen LogP contribution in [0.15, 0.2) is 204 Å². The normalized spacial score (nSPS) is 14.3. The molecule has 1 aliphatic rings. The van der Waals surface area contributed by atoms with Crippen molar-refractivity contribution < 1.29 is 0 Å². The van der Waals surface area contributed by atoms with Crippen LogP contribution in [0.2, 0.25) is 0 Å². The lowest BCUT2D eigenvalue weighted by atomic mass is 9.91. The molecule has 1 unspecified atom stereocenters. The fourth-order valence-corrected chi connectivity index (χ4v) is 7.85. The molecule has 3 heteroatoms. The van der Waals surface area contributed by atoms with Crippen molar-refractivity contribution in [2.45, 2.75) is 39.5 Å². The third-order valence-corrected chi connectivity index (χ3v) is 10.8. The monoisotopic (exact) mass is 753 g/mol. The van der Waals surface area contributed by atoms with Crippen molar-refractivity contribution in [1.82, 2.24) is 4.98 Å². The summed E-state index contributed by atoms with van der Waals surface area (Å²) in [6, 6.07) is 49.4. The maximum atomic E-state index is 4.95. The Morgan fingerprint density at radius 2 is 1.34 bits per heavy atom. The molecule has 0 aliphatic heterocycles. The third-order valence-electron chi connectivity index (χ3n) is 10.8. The number of H-pyrrole nitrogens is 1. The van der Waals surface area contributed by atoms with Gasteiger partial charge in [0.2, 0.25) is 0 Å². The summed E-state index contributed by atoms with van der Waals surface area (Å²) >= 11 is 0. The average Bonchev–Trinajstić information content (AvgIpc) is 3.71. The molecule has 1 heterocycles. The topological polar surface area (TPSA) is 40.5 Å². The van der Waals surface area contributed by atoms with Gasteiger partial charge >= 0.3 is 0 Å². The van der Waals surface area contributed by atoms with E-state index in [1.165, 1.54) is 65.3 Å². The summed E-state index contributed by atoms with van der Waals surface area (Å²) in [5.41, 5.74) is 8.82. The van der Waals surface area contributed by atoms with Gasteiger partial charge in [-0.25, -0.2) is 0 Å². The van der Waals surface area contributed by atoms with E-state index in [2.05, 4.69) is 164 Å². The first-order valence-electron chi connectivity index (χ1n) is 20.4. The van der Waals surface area contributed by atoms with Crippen LogP contribution in [-0.2, 0) is 0 Å². The number of aromatic nitrogens is 1. The second-order valence-electron chi connectivity index (χ2n) is 14.1.